The number of carbonyl (C=O) groups is 1. The molecule has 17 heavy (non-hydrogen) atoms. The summed E-state index contributed by atoms with van der Waals surface area (Å²) in [5.41, 5.74) is 1.97. The van der Waals surface area contributed by atoms with Gasteiger partial charge in [0.25, 0.3) is 0 Å². The first kappa shape index (κ1) is 11.3. The van der Waals surface area contributed by atoms with Crippen molar-refractivity contribution in [2.75, 3.05) is 7.11 Å². The van der Waals surface area contributed by atoms with Crippen molar-refractivity contribution in [3.63, 3.8) is 0 Å². The van der Waals surface area contributed by atoms with Crippen LogP contribution in [0.4, 0.5) is 0 Å². The zero-order valence-corrected chi connectivity index (χ0v) is 9.62. The van der Waals surface area contributed by atoms with Crippen LogP contribution in [0.5, 0.6) is 0 Å². The van der Waals surface area contributed by atoms with Crippen LogP contribution < -0.4 is 0 Å². The van der Waals surface area contributed by atoms with Crippen LogP contribution in [0, 0.1) is 6.92 Å². The molecule has 0 aliphatic carbocycles. The van der Waals surface area contributed by atoms with Crippen LogP contribution in [-0.2, 0) is 16.1 Å². The van der Waals surface area contributed by atoms with Crippen molar-refractivity contribution in [2.24, 2.45) is 0 Å². The van der Waals surface area contributed by atoms with Gasteiger partial charge in [0, 0.05) is 5.56 Å². The molecule has 2 aromatic rings. The van der Waals surface area contributed by atoms with Gasteiger partial charge in [0.15, 0.2) is 6.54 Å². The molecule has 0 saturated heterocycles. The Kier molecular flexibility index (Phi) is 3.13. The Labute approximate surface area is 98.2 Å². The summed E-state index contributed by atoms with van der Waals surface area (Å²) >= 11 is 0. The van der Waals surface area contributed by atoms with Crippen molar-refractivity contribution in [1.29, 1.82) is 0 Å². The van der Waals surface area contributed by atoms with Crippen molar-refractivity contribution in [2.45, 2.75) is 13.5 Å². The zero-order chi connectivity index (χ0) is 12.3. The number of tetrazole rings is 1. The third-order valence-electron chi connectivity index (χ3n) is 2.34. The molecule has 6 nitrogen and oxygen atoms in total. The van der Waals surface area contributed by atoms with E-state index in [4.69, 9.17) is 0 Å². The minimum atomic E-state index is -0.404. The standard InChI is InChI=1S/C11H12N4O2/c1-8-5-3-4-6-9(8)11-12-14-15(13-11)7-10(16)17-2/h3-6H,7H2,1-2H3. The summed E-state index contributed by atoms with van der Waals surface area (Å²) in [6.07, 6.45) is 0. The Morgan fingerprint density at radius 3 is 2.88 bits per heavy atom. The maximum absolute atomic E-state index is 11.0. The van der Waals surface area contributed by atoms with Gasteiger partial charge in [-0.25, -0.2) is 4.79 Å². The first-order valence-electron chi connectivity index (χ1n) is 5.11. The molecule has 0 bridgehead atoms. The largest absolute Gasteiger partial charge is 0.468 e. The maximum atomic E-state index is 11.0. The average molecular weight is 232 g/mol. The van der Waals surface area contributed by atoms with Crippen molar-refractivity contribution >= 4 is 5.97 Å². The normalized spacial score (nSPS) is 10.2. The van der Waals surface area contributed by atoms with E-state index < -0.39 is 5.97 Å². The van der Waals surface area contributed by atoms with Crippen LogP contribution in [0.2, 0.25) is 0 Å². The molecule has 1 aromatic carbocycles. The first-order valence-corrected chi connectivity index (χ1v) is 5.11. The van der Waals surface area contributed by atoms with E-state index >= 15 is 0 Å². The minimum Gasteiger partial charge on any atom is -0.468 e. The first-order chi connectivity index (χ1) is 8.20. The summed E-state index contributed by atoms with van der Waals surface area (Å²) in [5, 5.41) is 11.8. The lowest BCUT2D eigenvalue weighted by Crippen LogP contribution is -2.14. The molecule has 0 amide bonds. The highest BCUT2D eigenvalue weighted by Gasteiger charge is 2.10. The predicted molar refractivity (Wildman–Crippen MR) is 60.0 cm³/mol. The monoisotopic (exact) mass is 232 g/mol. The molecule has 0 unspecified atom stereocenters. The summed E-state index contributed by atoms with van der Waals surface area (Å²) < 4.78 is 4.53. The van der Waals surface area contributed by atoms with Crippen molar-refractivity contribution in [3.05, 3.63) is 29.8 Å². The number of esters is 1. The van der Waals surface area contributed by atoms with Gasteiger partial charge in [-0.1, -0.05) is 24.3 Å². The molecule has 0 aliphatic heterocycles. The molecule has 0 fully saturated rings. The van der Waals surface area contributed by atoms with E-state index in [2.05, 4.69) is 20.1 Å². The molecule has 1 heterocycles. The molecule has 0 N–H and O–H groups in total. The number of nitrogens with zero attached hydrogens (tertiary/aromatic N) is 4. The summed E-state index contributed by atoms with van der Waals surface area (Å²) in [6, 6.07) is 7.73. The highest BCUT2D eigenvalue weighted by atomic mass is 16.5. The van der Waals surface area contributed by atoms with Crippen LogP contribution in [0.3, 0.4) is 0 Å². The predicted octanol–water partition coefficient (Wildman–Crippen LogP) is 0.822. The minimum absolute atomic E-state index is 0.0324. The van der Waals surface area contributed by atoms with E-state index in [1.54, 1.807) is 0 Å². The zero-order valence-electron chi connectivity index (χ0n) is 9.62. The molecule has 0 spiro atoms. The van der Waals surface area contributed by atoms with E-state index in [-0.39, 0.29) is 6.54 Å². The number of carbonyl (C=O) groups excluding carboxylic acids is 1. The molecular weight excluding hydrogens is 220 g/mol. The van der Waals surface area contributed by atoms with Crippen molar-refractivity contribution < 1.29 is 9.53 Å². The number of benzene rings is 1. The molecule has 1 aromatic heterocycles. The number of methoxy groups -OCH3 is 1. The fourth-order valence-electron chi connectivity index (χ4n) is 1.42. The Hall–Kier alpha value is -2.24. The smallest absolute Gasteiger partial charge is 0.329 e. The summed E-state index contributed by atoms with van der Waals surface area (Å²) in [5.74, 6) is 0.103. The van der Waals surface area contributed by atoms with Crippen LogP contribution in [0.1, 0.15) is 5.56 Å². The average Bonchev–Trinajstić information content (AvgIpc) is 2.78. The number of hydrogen-bond donors (Lipinski definition) is 0. The number of rotatable bonds is 3. The van der Waals surface area contributed by atoms with E-state index in [0.29, 0.717) is 5.82 Å². The molecular formula is C11H12N4O2. The van der Waals surface area contributed by atoms with Gasteiger partial charge in [0.05, 0.1) is 7.11 Å². The highest BCUT2D eigenvalue weighted by Crippen LogP contribution is 2.17. The van der Waals surface area contributed by atoms with Crippen molar-refractivity contribution in [1.82, 2.24) is 20.2 Å². The van der Waals surface area contributed by atoms with Crippen LogP contribution in [-0.4, -0.2) is 33.3 Å². The van der Waals surface area contributed by atoms with Gasteiger partial charge in [-0.2, -0.15) is 4.80 Å². The molecule has 88 valence electrons. The lowest BCUT2D eigenvalue weighted by molar-refractivity contribution is -0.141. The van der Waals surface area contributed by atoms with Gasteiger partial charge in [-0.05, 0) is 17.7 Å². The van der Waals surface area contributed by atoms with Gasteiger partial charge in [0.2, 0.25) is 5.82 Å². The van der Waals surface area contributed by atoms with Crippen LogP contribution >= 0.6 is 0 Å². The fourth-order valence-corrected chi connectivity index (χ4v) is 1.42. The molecule has 0 radical (unpaired) electrons. The second kappa shape index (κ2) is 4.73. The third-order valence-corrected chi connectivity index (χ3v) is 2.34. The van der Waals surface area contributed by atoms with Gasteiger partial charge in [-0.15, -0.1) is 10.2 Å². The topological polar surface area (TPSA) is 69.9 Å². The van der Waals surface area contributed by atoms with Gasteiger partial charge < -0.3 is 4.74 Å². The Bertz CT molecular complexity index is 536. The maximum Gasteiger partial charge on any atom is 0.329 e. The lowest BCUT2D eigenvalue weighted by atomic mass is 10.1. The summed E-state index contributed by atoms with van der Waals surface area (Å²) in [4.78, 5) is 12.3. The molecule has 6 heteroatoms. The van der Waals surface area contributed by atoms with Crippen LogP contribution in [0.25, 0.3) is 11.4 Å². The summed E-state index contributed by atoms with van der Waals surface area (Å²) in [7, 11) is 1.32. The number of aryl methyl sites for hydroxylation is 1. The molecule has 2 rings (SSSR count). The SMILES string of the molecule is COC(=O)Cn1nnc(-c2ccccc2C)n1. The van der Waals surface area contributed by atoms with E-state index in [1.807, 2.05) is 31.2 Å². The van der Waals surface area contributed by atoms with Gasteiger partial charge in [0.1, 0.15) is 0 Å². The molecule has 0 aliphatic rings. The van der Waals surface area contributed by atoms with Gasteiger partial charge >= 0.3 is 5.97 Å². The van der Waals surface area contributed by atoms with E-state index in [0.717, 1.165) is 11.1 Å². The Balaban J connectivity index is 2.24. The number of ether oxygens (including phenoxy) is 1. The van der Waals surface area contributed by atoms with Crippen LogP contribution in [0.15, 0.2) is 24.3 Å². The molecule has 0 atom stereocenters. The second-order valence-corrected chi connectivity index (χ2v) is 3.53. The second-order valence-electron chi connectivity index (χ2n) is 3.53. The lowest BCUT2D eigenvalue weighted by Gasteiger charge is -1.98. The van der Waals surface area contributed by atoms with Gasteiger partial charge in [-0.3, -0.25) is 0 Å². The Morgan fingerprint density at radius 2 is 2.18 bits per heavy atom. The van der Waals surface area contributed by atoms with E-state index in [1.165, 1.54) is 11.9 Å². The summed E-state index contributed by atoms with van der Waals surface area (Å²) in [6.45, 7) is 1.94. The quantitative estimate of drug-likeness (QED) is 0.733. The number of hydrogen-bond acceptors (Lipinski definition) is 5. The third kappa shape index (κ3) is 2.47. The van der Waals surface area contributed by atoms with Crippen molar-refractivity contribution in [3.8, 4) is 11.4 Å². The highest BCUT2D eigenvalue weighted by molar-refractivity contribution is 5.68. The fraction of sp³-hybridized carbons (Fsp3) is 0.273. The molecule has 0 saturated carbocycles. The van der Waals surface area contributed by atoms with E-state index in [9.17, 15) is 4.79 Å². The Morgan fingerprint density at radius 1 is 1.41 bits per heavy atom. The number of aromatic nitrogens is 4.